The van der Waals surface area contributed by atoms with Crippen molar-refractivity contribution in [2.45, 2.75) is 6.92 Å². The number of halogens is 1. The molecule has 1 aromatic heterocycles. The molecule has 1 aromatic rings. The number of nitrogens with two attached hydrogens (primary N) is 1. The summed E-state index contributed by atoms with van der Waals surface area (Å²) in [6.07, 6.45) is 0. The molecule has 0 bridgehead atoms. The smallest absolute Gasteiger partial charge is 0.344 e. The minimum atomic E-state index is -0.458. The fourth-order valence-corrected chi connectivity index (χ4v) is 1.36. The molecule has 0 aliphatic carbocycles. The molecule has 1 heterocycles. The van der Waals surface area contributed by atoms with Crippen LogP contribution in [0.15, 0.2) is 4.60 Å². The van der Waals surface area contributed by atoms with Crippen molar-refractivity contribution in [3.63, 3.8) is 0 Å². The van der Waals surface area contributed by atoms with Crippen molar-refractivity contribution in [3.8, 4) is 0 Å². The number of carbonyl (C=O) groups is 1. The van der Waals surface area contributed by atoms with E-state index in [2.05, 4.69) is 21.0 Å². The molecule has 13 heavy (non-hydrogen) atoms. The number of ether oxygens (including phenoxy) is 1. The standard InChI is InChI=1S/C7H10BrN3O2/c1-3-13-7(12)4-5(8)11(2)10-6(4)9/h3H2,1-2H3,(H2,9,10). The molecule has 0 aliphatic rings. The molecule has 1 rings (SSSR count). The van der Waals surface area contributed by atoms with Crippen LogP contribution in [0.1, 0.15) is 17.3 Å². The minimum absolute atomic E-state index is 0.174. The second-order valence-corrected chi connectivity index (χ2v) is 3.15. The van der Waals surface area contributed by atoms with Crippen LogP contribution in [0.4, 0.5) is 5.82 Å². The van der Waals surface area contributed by atoms with Gasteiger partial charge in [0, 0.05) is 7.05 Å². The normalized spacial score (nSPS) is 10.1. The van der Waals surface area contributed by atoms with Crippen LogP contribution < -0.4 is 5.73 Å². The van der Waals surface area contributed by atoms with Crippen molar-refractivity contribution in [2.75, 3.05) is 12.3 Å². The van der Waals surface area contributed by atoms with Gasteiger partial charge in [0.1, 0.15) is 10.2 Å². The summed E-state index contributed by atoms with van der Waals surface area (Å²) in [6, 6.07) is 0. The second-order valence-electron chi connectivity index (χ2n) is 2.40. The van der Waals surface area contributed by atoms with Gasteiger partial charge in [-0.3, -0.25) is 4.68 Å². The third kappa shape index (κ3) is 1.82. The molecule has 0 saturated carbocycles. The fraction of sp³-hybridized carbons (Fsp3) is 0.429. The molecule has 0 aliphatic heterocycles. The number of aromatic nitrogens is 2. The molecular formula is C7H10BrN3O2. The maximum absolute atomic E-state index is 11.3. The summed E-state index contributed by atoms with van der Waals surface area (Å²) in [4.78, 5) is 11.3. The molecule has 6 heteroatoms. The molecule has 0 aromatic carbocycles. The lowest BCUT2D eigenvalue weighted by Crippen LogP contribution is -2.07. The quantitative estimate of drug-likeness (QED) is 0.790. The van der Waals surface area contributed by atoms with Gasteiger partial charge in [-0.1, -0.05) is 0 Å². The molecule has 0 atom stereocenters. The SMILES string of the molecule is CCOC(=O)c1c(N)nn(C)c1Br. The number of esters is 1. The molecular weight excluding hydrogens is 238 g/mol. The Bertz CT molecular complexity index is 335. The molecule has 5 nitrogen and oxygen atoms in total. The van der Waals surface area contributed by atoms with E-state index < -0.39 is 5.97 Å². The molecule has 0 fully saturated rings. The highest BCUT2D eigenvalue weighted by atomic mass is 79.9. The lowest BCUT2D eigenvalue weighted by atomic mass is 10.3. The van der Waals surface area contributed by atoms with Gasteiger partial charge in [-0.15, -0.1) is 0 Å². The van der Waals surface area contributed by atoms with E-state index in [4.69, 9.17) is 10.5 Å². The van der Waals surface area contributed by atoms with Crippen LogP contribution in [0.3, 0.4) is 0 Å². The topological polar surface area (TPSA) is 70.1 Å². The number of aryl methyl sites for hydroxylation is 1. The van der Waals surface area contributed by atoms with Crippen LogP contribution in [0.25, 0.3) is 0 Å². The van der Waals surface area contributed by atoms with Crippen LogP contribution in [0.5, 0.6) is 0 Å². The average molecular weight is 248 g/mol. The third-order valence-corrected chi connectivity index (χ3v) is 2.39. The summed E-state index contributed by atoms with van der Waals surface area (Å²) < 4.78 is 6.81. The van der Waals surface area contributed by atoms with E-state index >= 15 is 0 Å². The zero-order chi connectivity index (χ0) is 10.0. The first-order valence-electron chi connectivity index (χ1n) is 3.73. The number of rotatable bonds is 2. The minimum Gasteiger partial charge on any atom is -0.462 e. The Morgan fingerprint density at radius 1 is 1.77 bits per heavy atom. The fourth-order valence-electron chi connectivity index (χ4n) is 0.915. The zero-order valence-corrected chi connectivity index (χ0v) is 8.96. The first-order chi connectivity index (χ1) is 6.07. The van der Waals surface area contributed by atoms with Crippen molar-refractivity contribution in [1.82, 2.24) is 9.78 Å². The van der Waals surface area contributed by atoms with Gasteiger partial charge in [0.15, 0.2) is 5.82 Å². The van der Waals surface area contributed by atoms with Gasteiger partial charge in [-0.2, -0.15) is 5.10 Å². The number of carbonyl (C=O) groups excluding carboxylic acids is 1. The van der Waals surface area contributed by atoms with Gasteiger partial charge >= 0.3 is 5.97 Å². The van der Waals surface area contributed by atoms with Gasteiger partial charge in [0.2, 0.25) is 0 Å². The van der Waals surface area contributed by atoms with Crippen LogP contribution in [0, 0.1) is 0 Å². The number of hydrogen-bond acceptors (Lipinski definition) is 4. The Morgan fingerprint density at radius 2 is 2.38 bits per heavy atom. The maximum Gasteiger partial charge on any atom is 0.344 e. The van der Waals surface area contributed by atoms with Crippen LogP contribution in [0.2, 0.25) is 0 Å². The van der Waals surface area contributed by atoms with Gasteiger partial charge in [0.25, 0.3) is 0 Å². The largest absolute Gasteiger partial charge is 0.462 e. The van der Waals surface area contributed by atoms with E-state index in [1.807, 2.05) is 0 Å². The van der Waals surface area contributed by atoms with Crippen molar-refractivity contribution in [2.24, 2.45) is 7.05 Å². The van der Waals surface area contributed by atoms with E-state index in [-0.39, 0.29) is 11.4 Å². The molecule has 72 valence electrons. The zero-order valence-electron chi connectivity index (χ0n) is 7.37. The Kier molecular flexibility index (Phi) is 2.92. The Hall–Kier alpha value is -1.04. The highest BCUT2D eigenvalue weighted by Gasteiger charge is 2.19. The van der Waals surface area contributed by atoms with Gasteiger partial charge in [-0.05, 0) is 22.9 Å². The van der Waals surface area contributed by atoms with Crippen molar-refractivity contribution in [3.05, 3.63) is 10.2 Å². The Morgan fingerprint density at radius 3 is 2.77 bits per heavy atom. The summed E-state index contributed by atoms with van der Waals surface area (Å²) in [5.41, 5.74) is 5.79. The van der Waals surface area contributed by atoms with Crippen molar-refractivity contribution in [1.29, 1.82) is 0 Å². The molecule has 2 N–H and O–H groups in total. The number of anilines is 1. The number of nitrogens with zero attached hydrogens (tertiary/aromatic N) is 2. The molecule has 0 amide bonds. The predicted octanol–water partition coefficient (Wildman–Crippen LogP) is 0.941. The number of hydrogen-bond donors (Lipinski definition) is 1. The second kappa shape index (κ2) is 3.78. The molecule has 0 saturated heterocycles. The first kappa shape index (κ1) is 10.0. The Balaban J connectivity index is 3.06. The number of nitrogen functional groups attached to an aromatic ring is 1. The third-order valence-electron chi connectivity index (χ3n) is 1.48. The first-order valence-corrected chi connectivity index (χ1v) is 4.52. The summed E-state index contributed by atoms with van der Waals surface area (Å²) in [7, 11) is 1.68. The summed E-state index contributed by atoms with van der Waals surface area (Å²) in [5, 5.41) is 3.86. The van der Waals surface area contributed by atoms with Gasteiger partial charge < -0.3 is 10.5 Å². The van der Waals surface area contributed by atoms with E-state index in [0.29, 0.717) is 11.2 Å². The van der Waals surface area contributed by atoms with Crippen LogP contribution in [-0.4, -0.2) is 22.4 Å². The maximum atomic E-state index is 11.3. The van der Waals surface area contributed by atoms with E-state index in [1.54, 1.807) is 14.0 Å². The van der Waals surface area contributed by atoms with E-state index in [9.17, 15) is 4.79 Å². The highest BCUT2D eigenvalue weighted by molar-refractivity contribution is 9.10. The van der Waals surface area contributed by atoms with Crippen LogP contribution >= 0.6 is 15.9 Å². The van der Waals surface area contributed by atoms with Crippen LogP contribution in [-0.2, 0) is 11.8 Å². The lowest BCUT2D eigenvalue weighted by Gasteiger charge is -1.99. The molecule has 0 unspecified atom stereocenters. The molecule has 0 spiro atoms. The monoisotopic (exact) mass is 247 g/mol. The van der Waals surface area contributed by atoms with Gasteiger partial charge in [-0.25, -0.2) is 4.79 Å². The average Bonchev–Trinajstić information content (AvgIpc) is 2.27. The Labute approximate surface area is 84.0 Å². The lowest BCUT2D eigenvalue weighted by molar-refractivity contribution is 0.0526. The molecule has 0 radical (unpaired) electrons. The van der Waals surface area contributed by atoms with Crippen molar-refractivity contribution >= 4 is 27.7 Å². The highest BCUT2D eigenvalue weighted by Crippen LogP contribution is 2.22. The summed E-state index contributed by atoms with van der Waals surface area (Å²) in [5.74, 6) is -0.284. The predicted molar refractivity (Wildman–Crippen MR) is 51.3 cm³/mol. The van der Waals surface area contributed by atoms with E-state index in [0.717, 1.165) is 0 Å². The van der Waals surface area contributed by atoms with E-state index in [1.165, 1.54) is 4.68 Å². The van der Waals surface area contributed by atoms with Gasteiger partial charge in [0.05, 0.1) is 6.61 Å². The summed E-state index contributed by atoms with van der Waals surface area (Å²) in [6.45, 7) is 2.05. The summed E-state index contributed by atoms with van der Waals surface area (Å²) >= 11 is 3.19. The van der Waals surface area contributed by atoms with Crippen molar-refractivity contribution < 1.29 is 9.53 Å².